The summed E-state index contributed by atoms with van der Waals surface area (Å²) in [4.78, 5) is 11.7. The van der Waals surface area contributed by atoms with Crippen molar-refractivity contribution in [1.82, 2.24) is 10.0 Å². The van der Waals surface area contributed by atoms with Crippen LogP contribution in [0.1, 0.15) is 19.4 Å². The van der Waals surface area contributed by atoms with Gasteiger partial charge >= 0.3 is 6.03 Å². The Balaban J connectivity index is 1.82. The summed E-state index contributed by atoms with van der Waals surface area (Å²) >= 11 is 0. The van der Waals surface area contributed by atoms with Crippen LogP contribution in [0.25, 0.3) is 11.0 Å². The van der Waals surface area contributed by atoms with Crippen LogP contribution < -0.4 is 10.0 Å². The highest BCUT2D eigenvalue weighted by molar-refractivity contribution is 7.90. The predicted octanol–water partition coefficient (Wildman–Crippen LogP) is 1.99. The van der Waals surface area contributed by atoms with Gasteiger partial charge in [0.05, 0.1) is 24.7 Å². The lowest BCUT2D eigenvalue weighted by atomic mass is 10.2. The highest BCUT2D eigenvalue weighted by Crippen LogP contribution is 2.16. The van der Waals surface area contributed by atoms with E-state index in [0.717, 1.165) is 10.9 Å². The molecular weight excluding hydrogens is 320 g/mol. The van der Waals surface area contributed by atoms with E-state index < -0.39 is 16.1 Å². The zero-order valence-corrected chi connectivity index (χ0v) is 13.9. The lowest BCUT2D eigenvalue weighted by molar-refractivity contribution is 0.0912. The van der Waals surface area contributed by atoms with E-state index in [1.165, 1.54) is 0 Å². The van der Waals surface area contributed by atoms with Crippen LogP contribution in [0.15, 0.2) is 34.9 Å². The molecule has 8 heteroatoms. The van der Waals surface area contributed by atoms with Crippen molar-refractivity contribution >= 4 is 27.0 Å². The van der Waals surface area contributed by atoms with Gasteiger partial charge in [-0.05, 0) is 31.5 Å². The van der Waals surface area contributed by atoms with Gasteiger partial charge < -0.3 is 14.5 Å². The molecule has 0 atom stereocenters. The highest BCUT2D eigenvalue weighted by Gasteiger charge is 2.14. The minimum Gasteiger partial charge on any atom is -0.464 e. The van der Waals surface area contributed by atoms with Gasteiger partial charge in [0, 0.05) is 11.9 Å². The van der Waals surface area contributed by atoms with Crippen molar-refractivity contribution in [2.45, 2.75) is 26.5 Å². The SMILES string of the molecule is CC(C)OCCS(=O)(=O)NC(=O)NCc1ccc2ccoc2c1. The molecular formula is C15H20N2O5S. The standard InChI is InChI=1S/C15H20N2O5S/c1-11(2)21-7-8-23(19,20)17-15(18)16-10-12-3-4-13-5-6-22-14(13)9-12/h3-6,9,11H,7-8,10H2,1-2H3,(H2,16,17,18). The number of urea groups is 1. The fraction of sp³-hybridized carbons (Fsp3) is 0.400. The zero-order chi connectivity index (χ0) is 16.9. The largest absolute Gasteiger partial charge is 0.464 e. The van der Waals surface area contributed by atoms with Gasteiger partial charge in [-0.3, -0.25) is 0 Å². The monoisotopic (exact) mass is 340 g/mol. The van der Waals surface area contributed by atoms with Gasteiger partial charge in [-0.25, -0.2) is 17.9 Å². The van der Waals surface area contributed by atoms with Crippen LogP contribution in [0.4, 0.5) is 4.79 Å². The summed E-state index contributed by atoms with van der Waals surface area (Å²) in [6.45, 7) is 3.85. The smallest absolute Gasteiger partial charge is 0.328 e. The number of nitrogens with one attached hydrogen (secondary N) is 2. The highest BCUT2D eigenvalue weighted by atomic mass is 32.2. The predicted molar refractivity (Wildman–Crippen MR) is 86.5 cm³/mol. The molecule has 2 aromatic rings. The number of rotatable bonds is 7. The first-order chi connectivity index (χ1) is 10.9. The molecule has 0 saturated heterocycles. The van der Waals surface area contributed by atoms with Crippen LogP contribution in [0, 0.1) is 0 Å². The molecule has 1 heterocycles. The molecule has 0 radical (unpaired) electrons. The summed E-state index contributed by atoms with van der Waals surface area (Å²) in [7, 11) is -3.71. The first kappa shape index (κ1) is 17.3. The summed E-state index contributed by atoms with van der Waals surface area (Å²) < 4.78 is 35.8. The van der Waals surface area contributed by atoms with Gasteiger partial charge in [-0.1, -0.05) is 12.1 Å². The maximum Gasteiger partial charge on any atom is 0.328 e. The number of ether oxygens (including phenoxy) is 1. The Labute approximate surface area is 135 Å². The number of furan rings is 1. The molecule has 2 rings (SSSR count). The molecule has 0 fully saturated rings. The first-order valence-corrected chi connectivity index (χ1v) is 8.87. The molecule has 0 aliphatic heterocycles. The fourth-order valence-corrected chi connectivity index (χ4v) is 2.69. The van der Waals surface area contributed by atoms with Crippen molar-refractivity contribution in [1.29, 1.82) is 0 Å². The van der Waals surface area contributed by atoms with E-state index >= 15 is 0 Å². The molecule has 0 unspecified atom stereocenters. The lowest BCUT2D eigenvalue weighted by Crippen LogP contribution is -2.41. The minimum atomic E-state index is -3.71. The second-order valence-electron chi connectivity index (χ2n) is 5.32. The first-order valence-electron chi connectivity index (χ1n) is 7.22. The number of sulfonamides is 1. The van der Waals surface area contributed by atoms with Gasteiger partial charge in [0.15, 0.2) is 0 Å². The van der Waals surface area contributed by atoms with Gasteiger partial charge in [-0.2, -0.15) is 0 Å². The Kier molecular flexibility index (Phi) is 5.62. The average molecular weight is 340 g/mol. The number of amides is 2. The maximum atomic E-state index is 11.7. The lowest BCUT2D eigenvalue weighted by Gasteiger charge is -2.10. The van der Waals surface area contributed by atoms with Crippen LogP contribution in [-0.2, 0) is 21.3 Å². The third kappa shape index (κ3) is 5.57. The number of carbonyl (C=O) groups excluding carboxylic acids is 1. The summed E-state index contributed by atoms with van der Waals surface area (Å²) in [6.07, 6.45) is 1.52. The Morgan fingerprint density at radius 1 is 1.30 bits per heavy atom. The van der Waals surface area contributed by atoms with E-state index in [4.69, 9.17) is 9.15 Å². The molecule has 0 aliphatic carbocycles. The third-order valence-electron chi connectivity index (χ3n) is 3.03. The maximum absolute atomic E-state index is 11.7. The molecule has 126 valence electrons. The minimum absolute atomic E-state index is 0.0371. The van der Waals surface area contributed by atoms with Crippen LogP contribution in [-0.4, -0.2) is 32.9 Å². The molecule has 2 N–H and O–H groups in total. The van der Waals surface area contributed by atoms with Gasteiger partial charge in [-0.15, -0.1) is 0 Å². The van der Waals surface area contributed by atoms with Crippen LogP contribution in [0.5, 0.6) is 0 Å². The molecule has 0 spiro atoms. The fourth-order valence-electron chi connectivity index (χ4n) is 1.91. The van der Waals surface area contributed by atoms with Crippen molar-refractivity contribution in [2.75, 3.05) is 12.4 Å². The molecule has 0 saturated carbocycles. The molecule has 1 aromatic carbocycles. The molecule has 0 bridgehead atoms. The van der Waals surface area contributed by atoms with Gasteiger partial charge in [0.25, 0.3) is 0 Å². The Morgan fingerprint density at radius 3 is 2.83 bits per heavy atom. The van der Waals surface area contributed by atoms with Crippen molar-refractivity contribution in [2.24, 2.45) is 0 Å². The van der Waals surface area contributed by atoms with E-state index in [-0.39, 0.29) is 25.0 Å². The molecule has 23 heavy (non-hydrogen) atoms. The summed E-state index contributed by atoms with van der Waals surface area (Å²) in [5.41, 5.74) is 1.52. The van der Waals surface area contributed by atoms with E-state index in [2.05, 4.69) is 5.32 Å². The average Bonchev–Trinajstić information content (AvgIpc) is 2.91. The van der Waals surface area contributed by atoms with Crippen LogP contribution in [0.2, 0.25) is 0 Å². The van der Waals surface area contributed by atoms with Crippen LogP contribution >= 0.6 is 0 Å². The van der Waals surface area contributed by atoms with Crippen LogP contribution in [0.3, 0.4) is 0 Å². The Hall–Kier alpha value is -2.06. The molecule has 0 aliphatic rings. The molecule has 2 amide bonds. The quantitative estimate of drug-likeness (QED) is 0.803. The summed E-state index contributed by atoms with van der Waals surface area (Å²) in [6, 6.07) is 6.57. The van der Waals surface area contributed by atoms with Gasteiger partial charge in [0.2, 0.25) is 10.0 Å². The van der Waals surface area contributed by atoms with Crippen molar-refractivity contribution < 1.29 is 22.4 Å². The number of hydrogen-bond acceptors (Lipinski definition) is 5. The van der Waals surface area contributed by atoms with E-state index in [1.807, 2.05) is 36.8 Å². The number of fused-ring (bicyclic) bond motifs is 1. The van der Waals surface area contributed by atoms with Crippen molar-refractivity contribution in [3.05, 3.63) is 36.1 Å². The van der Waals surface area contributed by atoms with Crippen molar-refractivity contribution in [3.8, 4) is 0 Å². The normalized spacial score (nSPS) is 11.8. The molecule has 1 aromatic heterocycles. The van der Waals surface area contributed by atoms with Crippen molar-refractivity contribution in [3.63, 3.8) is 0 Å². The third-order valence-corrected chi connectivity index (χ3v) is 4.23. The van der Waals surface area contributed by atoms with E-state index in [0.29, 0.717) is 5.58 Å². The number of carbonyl (C=O) groups is 1. The topological polar surface area (TPSA) is 97.6 Å². The molecule has 7 nitrogen and oxygen atoms in total. The second kappa shape index (κ2) is 7.47. The number of benzene rings is 1. The summed E-state index contributed by atoms with van der Waals surface area (Å²) in [5.74, 6) is -0.267. The van der Waals surface area contributed by atoms with Gasteiger partial charge in [0.1, 0.15) is 5.58 Å². The zero-order valence-electron chi connectivity index (χ0n) is 13.0. The van der Waals surface area contributed by atoms with E-state index in [9.17, 15) is 13.2 Å². The Morgan fingerprint density at radius 2 is 2.09 bits per heavy atom. The second-order valence-corrected chi connectivity index (χ2v) is 7.16. The van der Waals surface area contributed by atoms with E-state index in [1.54, 1.807) is 12.3 Å². The Bertz CT molecular complexity index is 767. The number of hydrogen-bond donors (Lipinski definition) is 2. The summed E-state index contributed by atoms with van der Waals surface area (Å²) in [5, 5.41) is 3.46.